The molecule has 0 aromatic rings. The molecule has 13 heavy (non-hydrogen) atoms. The molecule has 0 bridgehead atoms. The van der Waals surface area contributed by atoms with Gasteiger partial charge >= 0.3 is 11.9 Å². The van der Waals surface area contributed by atoms with Gasteiger partial charge in [0.05, 0.1) is 0 Å². The summed E-state index contributed by atoms with van der Waals surface area (Å²) in [5.74, 6) is 7.94. The number of hydrogen-bond donors (Lipinski definition) is 2. The number of hydrogen-bond acceptors (Lipinski definition) is 6. The van der Waals surface area contributed by atoms with Crippen LogP contribution < -0.4 is 11.8 Å². The van der Waals surface area contributed by atoms with E-state index in [9.17, 15) is 9.59 Å². The lowest BCUT2D eigenvalue weighted by Crippen LogP contribution is -2.12. The Morgan fingerprint density at radius 3 is 1.46 bits per heavy atom. The van der Waals surface area contributed by atoms with Crippen LogP contribution >= 0.6 is 24.8 Å². The topological polar surface area (TPSA) is 105 Å². The molecular weight excluding hydrogens is 223 g/mol. The molecule has 0 aromatic carbocycles. The second-order valence-electron chi connectivity index (χ2n) is 1.83. The Labute approximate surface area is 87.6 Å². The highest BCUT2D eigenvalue weighted by atomic mass is 35.5. The third-order valence-electron chi connectivity index (χ3n) is 1.02. The van der Waals surface area contributed by atoms with Gasteiger partial charge in [0.25, 0.3) is 0 Å². The molecule has 0 spiro atoms. The van der Waals surface area contributed by atoms with Gasteiger partial charge < -0.3 is 9.68 Å². The molecule has 0 amide bonds. The number of carbonyl (C=O) groups excluding carboxylic acids is 2. The Kier molecular flexibility index (Phi) is 16.1. The molecule has 8 heteroatoms. The fourth-order valence-electron chi connectivity index (χ4n) is 0.495. The van der Waals surface area contributed by atoms with E-state index in [0.29, 0.717) is 6.42 Å². The van der Waals surface area contributed by atoms with Gasteiger partial charge in [0, 0.05) is 12.8 Å². The summed E-state index contributed by atoms with van der Waals surface area (Å²) in [6.45, 7) is 0. The molecule has 0 aromatic heterocycles. The van der Waals surface area contributed by atoms with E-state index in [4.69, 9.17) is 0 Å². The monoisotopic (exact) mass is 234 g/mol. The molecular formula is C5H12Cl2N2O4. The van der Waals surface area contributed by atoms with Crippen LogP contribution in [0.15, 0.2) is 0 Å². The Bertz CT molecular complexity index is 139. The average Bonchev–Trinajstić information content (AvgIpc) is 2.04. The third-order valence-corrected chi connectivity index (χ3v) is 1.02. The molecule has 4 N–H and O–H groups in total. The largest absolute Gasteiger partial charge is 0.373 e. The predicted molar refractivity (Wildman–Crippen MR) is 48.9 cm³/mol. The molecule has 0 saturated heterocycles. The molecule has 0 rings (SSSR count). The van der Waals surface area contributed by atoms with Crippen molar-refractivity contribution >= 4 is 36.8 Å². The maximum Gasteiger partial charge on any atom is 0.324 e. The Balaban J connectivity index is -0.000000500. The van der Waals surface area contributed by atoms with Gasteiger partial charge in [0.15, 0.2) is 0 Å². The summed E-state index contributed by atoms with van der Waals surface area (Å²) in [4.78, 5) is 28.4. The molecule has 0 unspecified atom stereocenters. The molecule has 0 saturated carbocycles. The summed E-state index contributed by atoms with van der Waals surface area (Å²) in [7, 11) is 0. The predicted octanol–water partition coefficient (Wildman–Crippen LogP) is -0.166. The number of rotatable bonds is 4. The van der Waals surface area contributed by atoms with Crippen LogP contribution in [0.4, 0.5) is 0 Å². The van der Waals surface area contributed by atoms with Gasteiger partial charge in [-0.1, -0.05) is 0 Å². The van der Waals surface area contributed by atoms with E-state index in [2.05, 4.69) is 21.5 Å². The molecule has 6 nitrogen and oxygen atoms in total. The minimum Gasteiger partial charge on any atom is -0.373 e. The first-order valence-corrected chi connectivity index (χ1v) is 3.00. The molecule has 0 aliphatic heterocycles. The lowest BCUT2D eigenvalue weighted by Gasteiger charge is -1.96. The SMILES string of the molecule is Cl.Cl.NOC(=O)CCCC(=O)ON. The van der Waals surface area contributed by atoms with Gasteiger partial charge in [-0.2, -0.15) is 11.8 Å². The van der Waals surface area contributed by atoms with Gasteiger partial charge in [-0.3, -0.25) is 9.59 Å². The molecule has 0 heterocycles. The summed E-state index contributed by atoms with van der Waals surface area (Å²) in [5, 5.41) is 0. The third kappa shape index (κ3) is 11.4. The summed E-state index contributed by atoms with van der Waals surface area (Å²) >= 11 is 0. The van der Waals surface area contributed by atoms with Crippen LogP contribution in [0.1, 0.15) is 19.3 Å². The first-order valence-electron chi connectivity index (χ1n) is 3.00. The van der Waals surface area contributed by atoms with Gasteiger partial charge in [-0.05, 0) is 6.42 Å². The van der Waals surface area contributed by atoms with Gasteiger partial charge in [0.2, 0.25) is 0 Å². The van der Waals surface area contributed by atoms with E-state index in [0.717, 1.165) is 0 Å². The molecule has 0 aliphatic carbocycles. The van der Waals surface area contributed by atoms with Crippen LogP contribution in [-0.2, 0) is 19.3 Å². The smallest absolute Gasteiger partial charge is 0.324 e. The first kappa shape index (κ1) is 18.3. The van der Waals surface area contributed by atoms with Crippen LogP contribution in [-0.4, -0.2) is 11.9 Å². The Morgan fingerprint density at radius 2 is 1.23 bits per heavy atom. The van der Waals surface area contributed by atoms with Crippen molar-refractivity contribution in [2.75, 3.05) is 0 Å². The molecule has 0 atom stereocenters. The minimum absolute atomic E-state index is 0. The summed E-state index contributed by atoms with van der Waals surface area (Å²) in [5.41, 5.74) is 0. The normalized spacial score (nSPS) is 7.54. The molecule has 0 radical (unpaired) electrons. The van der Waals surface area contributed by atoms with Crippen molar-refractivity contribution in [3.8, 4) is 0 Å². The summed E-state index contributed by atoms with van der Waals surface area (Å²) in [6.07, 6.45) is 0.503. The highest BCUT2D eigenvalue weighted by molar-refractivity contribution is 5.85. The van der Waals surface area contributed by atoms with Crippen molar-refractivity contribution in [1.82, 2.24) is 0 Å². The van der Waals surface area contributed by atoms with Gasteiger partial charge in [-0.25, -0.2) is 0 Å². The number of nitrogens with two attached hydrogens (primary N) is 2. The van der Waals surface area contributed by atoms with Crippen LogP contribution in [0.3, 0.4) is 0 Å². The maximum atomic E-state index is 10.4. The fourth-order valence-corrected chi connectivity index (χ4v) is 0.495. The average molecular weight is 235 g/mol. The zero-order valence-electron chi connectivity index (χ0n) is 6.73. The van der Waals surface area contributed by atoms with Crippen LogP contribution in [0.2, 0.25) is 0 Å². The Hall–Kier alpha value is -0.560. The molecule has 0 fully saturated rings. The standard InChI is InChI=1S/C5H10N2O4.2ClH/c6-10-4(8)2-1-3-5(9)11-7;;/h1-3,6-7H2;2*1H. The highest BCUT2D eigenvalue weighted by Gasteiger charge is 2.04. The fraction of sp³-hybridized carbons (Fsp3) is 0.600. The molecule has 80 valence electrons. The van der Waals surface area contributed by atoms with Gasteiger partial charge in [0.1, 0.15) is 0 Å². The van der Waals surface area contributed by atoms with Crippen molar-refractivity contribution in [3.05, 3.63) is 0 Å². The summed E-state index contributed by atoms with van der Waals surface area (Å²) in [6, 6.07) is 0. The van der Waals surface area contributed by atoms with Crippen molar-refractivity contribution in [2.45, 2.75) is 19.3 Å². The Morgan fingerprint density at radius 1 is 0.923 bits per heavy atom. The van der Waals surface area contributed by atoms with Crippen LogP contribution in [0.5, 0.6) is 0 Å². The number of halogens is 2. The zero-order chi connectivity index (χ0) is 8.69. The van der Waals surface area contributed by atoms with Crippen molar-refractivity contribution in [3.63, 3.8) is 0 Å². The van der Waals surface area contributed by atoms with E-state index < -0.39 is 11.9 Å². The zero-order valence-corrected chi connectivity index (χ0v) is 8.36. The lowest BCUT2D eigenvalue weighted by molar-refractivity contribution is -0.146. The number of carbonyl (C=O) groups is 2. The van der Waals surface area contributed by atoms with E-state index in [1.807, 2.05) is 0 Å². The van der Waals surface area contributed by atoms with Crippen molar-refractivity contribution in [1.29, 1.82) is 0 Å². The van der Waals surface area contributed by atoms with Crippen molar-refractivity contribution in [2.24, 2.45) is 11.8 Å². The van der Waals surface area contributed by atoms with E-state index in [1.165, 1.54) is 0 Å². The first-order chi connectivity index (χ1) is 5.20. The second-order valence-corrected chi connectivity index (χ2v) is 1.83. The lowest BCUT2D eigenvalue weighted by atomic mass is 10.2. The highest BCUT2D eigenvalue weighted by Crippen LogP contribution is 1.96. The minimum atomic E-state index is -0.560. The summed E-state index contributed by atoms with van der Waals surface area (Å²) < 4.78 is 0. The van der Waals surface area contributed by atoms with Crippen molar-refractivity contribution < 1.29 is 19.3 Å². The van der Waals surface area contributed by atoms with E-state index in [1.54, 1.807) is 0 Å². The molecule has 0 aliphatic rings. The quantitative estimate of drug-likeness (QED) is 0.655. The van der Waals surface area contributed by atoms with E-state index >= 15 is 0 Å². The van der Waals surface area contributed by atoms with Crippen LogP contribution in [0, 0.1) is 0 Å². The maximum absolute atomic E-state index is 10.4. The van der Waals surface area contributed by atoms with Crippen LogP contribution in [0.25, 0.3) is 0 Å². The second kappa shape index (κ2) is 11.4. The van der Waals surface area contributed by atoms with Gasteiger partial charge in [-0.15, -0.1) is 24.8 Å². The van der Waals surface area contributed by atoms with E-state index in [-0.39, 0.29) is 37.7 Å².